The Balaban J connectivity index is 1.79. The molecule has 132 valence electrons. The first kappa shape index (κ1) is 16.5. The van der Waals surface area contributed by atoms with Gasteiger partial charge in [0.05, 0.1) is 6.26 Å². The molecule has 0 aliphatic carbocycles. The van der Waals surface area contributed by atoms with E-state index in [1.807, 2.05) is 47.9 Å². The quantitative estimate of drug-likeness (QED) is 0.827. The maximum atomic E-state index is 13.1. The summed E-state index contributed by atoms with van der Waals surface area (Å²) in [6.45, 7) is 3.59. The minimum atomic E-state index is -3.19. The standard InChI is InChI=1S/C19H22N2O3S/c1-13-5-3-4-6-16(13)17-7-8-18-15-9-14(11-21(18)19(17)22)10-20(12-15)25(2,23)24/h3-8,14-15H,9-12H2,1-2H3. The molecule has 4 rings (SSSR count). The number of hydrogen-bond acceptors (Lipinski definition) is 3. The van der Waals surface area contributed by atoms with Crippen LogP contribution in [-0.4, -0.2) is 36.6 Å². The summed E-state index contributed by atoms with van der Waals surface area (Å²) < 4.78 is 27.3. The van der Waals surface area contributed by atoms with Crippen LogP contribution >= 0.6 is 0 Å². The number of aryl methyl sites for hydroxylation is 1. The Morgan fingerprint density at radius 1 is 1.00 bits per heavy atom. The number of fused-ring (bicyclic) bond motifs is 4. The topological polar surface area (TPSA) is 59.4 Å². The highest BCUT2D eigenvalue weighted by Gasteiger charge is 2.37. The van der Waals surface area contributed by atoms with Crippen LogP contribution in [0, 0.1) is 12.8 Å². The molecule has 1 saturated heterocycles. The minimum absolute atomic E-state index is 0.0364. The predicted molar refractivity (Wildman–Crippen MR) is 98.1 cm³/mol. The van der Waals surface area contributed by atoms with Gasteiger partial charge in [0.25, 0.3) is 5.56 Å². The predicted octanol–water partition coefficient (Wildman–Crippen LogP) is 2.20. The van der Waals surface area contributed by atoms with Crippen molar-refractivity contribution < 1.29 is 8.42 Å². The first-order valence-electron chi connectivity index (χ1n) is 8.59. The Bertz CT molecular complexity index is 994. The average molecular weight is 358 g/mol. The summed E-state index contributed by atoms with van der Waals surface area (Å²) >= 11 is 0. The second kappa shape index (κ2) is 5.81. The summed E-state index contributed by atoms with van der Waals surface area (Å²) in [6, 6.07) is 11.8. The molecule has 2 aliphatic rings. The average Bonchev–Trinajstić information content (AvgIpc) is 2.56. The van der Waals surface area contributed by atoms with Gasteiger partial charge >= 0.3 is 0 Å². The monoisotopic (exact) mass is 358 g/mol. The summed E-state index contributed by atoms with van der Waals surface area (Å²) in [5, 5.41) is 0. The molecule has 25 heavy (non-hydrogen) atoms. The van der Waals surface area contributed by atoms with Gasteiger partial charge < -0.3 is 4.57 Å². The number of aromatic nitrogens is 1. The van der Waals surface area contributed by atoms with Crippen LogP contribution in [0.3, 0.4) is 0 Å². The highest BCUT2D eigenvalue weighted by molar-refractivity contribution is 7.88. The number of piperidine rings is 1. The van der Waals surface area contributed by atoms with Crippen molar-refractivity contribution >= 4 is 10.0 Å². The molecule has 3 heterocycles. The van der Waals surface area contributed by atoms with Crippen LogP contribution in [-0.2, 0) is 16.6 Å². The van der Waals surface area contributed by atoms with Gasteiger partial charge in [0.2, 0.25) is 10.0 Å². The van der Waals surface area contributed by atoms with Crippen molar-refractivity contribution in [2.24, 2.45) is 5.92 Å². The van der Waals surface area contributed by atoms with Crippen LogP contribution in [0.25, 0.3) is 11.1 Å². The molecule has 2 aromatic rings. The molecule has 5 nitrogen and oxygen atoms in total. The van der Waals surface area contributed by atoms with Crippen molar-refractivity contribution in [1.29, 1.82) is 0 Å². The van der Waals surface area contributed by atoms with E-state index in [2.05, 4.69) is 0 Å². The summed E-state index contributed by atoms with van der Waals surface area (Å²) in [5.74, 6) is 0.298. The molecule has 0 radical (unpaired) electrons. The third-order valence-corrected chi connectivity index (χ3v) is 6.71. The van der Waals surface area contributed by atoms with Gasteiger partial charge in [0.15, 0.2) is 0 Å². The fraction of sp³-hybridized carbons (Fsp3) is 0.421. The highest BCUT2D eigenvalue weighted by atomic mass is 32.2. The molecule has 6 heteroatoms. The number of nitrogens with zero attached hydrogens (tertiary/aromatic N) is 2. The van der Waals surface area contributed by atoms with E-state index < -0.39 is 10.0 Å². The van der Waals surface area contributed by atoms with Gasteiger partial charge in [-0.2, -0.15) is 0 Å². The first-order valence-corrected chi connectivity index (χ1v) is 10.4. The molecule has 1 aromatic carbocycles. The Hall–Kier alpha value is -1.92. The van der Waals surface area contributed by atoms with Crippen LogP contribution in [0.5, 0.6) is 0 Å². The minimum Gasteiger partial charge on any atom is -0.311 e. The van der Waals surface area contributed by atoms with Crippen molar-refractivity contribution in [1.82, 2.24) is 8.87 Å². The van der Waals surface area contributed by atoms with E-state index >= 15 is 0 Å². The summed E-state index contributed by atoms with van der Waals surface area (Å²) in [6.07, 6.45) is 2.22. The van der Waals surface area contributed by atoms with Gasteiger partial charge in [-0.25, -0.2) is 12.7 Å². The van der Waals surface area contributed by atoms with Crippen molar-refractivity contribution in [2.75, 3.05) is 19.3 Å². The van der Waals surface area contributed by atoms with Crippen LogP contribution in [0.1, 0.15) is 23.6 Å². The molecule has 1 fully saturated rings. The first-order chi connectivity index (χ1) is 11.8. The van der Waals surface area contributed by atoms with Gasteiger partial charge in [-0.15, -0.1) is 0 Å². The SMILES string of the molecule is Cc1ccccc1-c1ccc2n(c1=O)CC1CC2CN(S(C)(=O)=O)C1. The van der Waals surface area contributed by atoms with E-state index in [9.17, 15) is 13.2 Å². The van der Waals surface area contributed by atoms with E-state index in [1.165, 1.54) is 6.26 Å². The molecule has 2 unspecified atom stereocenters. The number of sulfonamides is 1. The Kier molecular flexibility index (Phi) is 3.85. The fourth-order valence-corrected chi connectivity index (χ4v) is 5.19. The second-order valence-electron chi connectivity index (χ2n) is 7.28. The lowest BCUT2D eigenvalue weighted by molar-refractivity contribution is 0.187. The van der Waals surface area contributed by atoms with Gasteiger partial charge in [-0.3, -0.25) is 4.79 Å². The number of pyridine rings is 1. The third-order valence-electron chi connectivity index (χ3n) is 5.48. The lowest BCUT2D eigenvalue weighted by atomic mass is 9.83. The van der Waals surface area contributed by atoms with E-state index in [0.717, 1.165) is 28.8 Å². The Labute approximate surface area is 148 Å². The normalized spacial score (nSPS) is 23.3. The molecule has 0 spiro atoms. The molecular formula is C19H22N2O3S. The van der Waals surface area contributed by atoms with Crippen LogP contribution in [0.2, 0.25) is 0 Å². The zero-order valence-electron chi connectivity index (χ0n) is 14.5. The molecule has 0 saturated carbocycles. The lowest BCUT2D eigenvalue weighted by Crippen LogP contribution is -2.48. The Morgan fingerprint density at radius 2 is 1.76 bits per heavy atom. The lowest BCUT2D eigenvalue weighted by Gasteiger charge is -2.41. The second-order valence-corrected chi connectivity index (χ2v) is 9.26. The number of benzene rings is 1. The van der Waals surface area contributed by atoms with Gasteiger partial charge in [-0.1, -0.05) is 24.3 Å². The van der Waals surface area contributed by atoms with Crippen molar-refractivity contribution in [3.63, 3.8) is 0 Å². The highest BCUT2D eigenvalue weighted by Crippen LogP contribution is 2.36. The van der Waals surface area contributed by atoms with Gasteiger partial charge in [0, 0.05) is 36.8 Å². The van der Waals surface area contributed by atoms with Crippen LogP contribution in [0.15, 0.2) is 41.2 Å². The van der Waals surface area contributed by atoms with Crippen molar-refractivity contribution in [3.05, 3.63) is 58.0 Å². The summed E-state index contributed by atoms with van der Waals surface area (Å²) in [5.41, 5.74) is 3.78. The van der Waals surface area contributed by atoms with Gasteiger partial charge in [-0.05, 0) is 42.5 Å². The van der Waals surface area contributed by atoms with E-state index in [1.54, 1.807) is 4.31 Å². The smallest absolute Gasteiger partial charge is 0.258 e. The van der Waals surface area contributed by atoms with E-state index in [-0.39, 0.29) is 17.4 Å². The van der Waals surface area contributed by atoms with Gasteiger partial charge in [0.1, 0.15) is 0 Å². The maximum Gasteiger partial charge on any atom is 0.258 e. The molecule has 0 amide bonds. The third kappa shape index (κ3) is 2.83. The number of hydrogen-bond donors (Lipinski definition) is 0. The van der Waals surface area contributed by atoms with E-state index in [4.69, 9.17) is 0 Å². The molecule has 2 atom stereocenters. The number of rotatable bonds is 2. The molecular weight excluding hydrogens is 336 g/mol. The zero-order chi connectivity index (χ0) is 17.8. The van der Waals surface area contributed by atoms with Crippen molar-refractivity contribution in [3.8, 4) is 11.1 Å². The summed E-state index contributed by atoms with van der Waals surface area (Å²) in [7, 11) is -3.19. The van der Waals surface area contributed by atoms with Crippen LogP contribution < -0.4 is 5.56 Å². The van der Waals surface area contributed by atoms with Crippen LogP contribution in [0.4, 0.5) is 0 Å². The maximum absolute atomic E-state index is 13.1. The molecule has 2 bridgehead atoms. The fourth-order valence-electron chi connectivity index (χ4n) is 4.25. The summed E-state index contributed by atoms with van der Waals surface area (Å²) in [4.78, 5) is 13.1. The Morgan fingerprint density at radius 3 is 2.48 bits per heavy atom. The molecule has 0 N–H and O–H groups in total. The van der Waals surface area contributed by atoms with E-state index in [0.29, 0.717) is 19.6 Å². The molecule has 2 aliphatic heterocycles. The van der Waals surface area contributed by atoms with Crippen molar-refractivity contribution in [2.45, 2.75) is 25.8 Å². The zero-order valence-corrected chi connectivity index (χ0v) is 15.3. The largest absolute Gasteiger partial charge is 0.311 e. The molecule has 1 aromatic heterocycles.